The van der Waals surface area contributed by atoms with E-state index in [1.165, 1.54) is 22.5 Å². The van der Waals surface area contributed by atoms with Gasteiger partial charge in [-0.1, -0.05) is 6.07 Å². The average molecular weight is 460 g/mol. The predicted octanol–water partition coefficient (Wildman–Crippen LogP) is 4.02. The molecule has 2 N–H and O–H groups in total. The van der Waals surface area contributed by atoms with Crippen molar-refractivity contribution in [3.63, 3.8) is 0 Å². The van der Waals surface area contributed by atoms with Crippen molar-refractivity contribution in [3.05, 3.63) is 39.2 Å². The Labute approximate surface area is 188 Å². The van der Waals surface area contributed by atoms with Crippen molar-refractivity contribution >= 4 is 50.7 Å². The molecule has 31 heavy (non-hydrogen) atoms. The third-order valence-electron chi connectivity index (χ3n) is 5.30. The van der Waals surface area contributed by atoms with Gasteiger partial charge in [0.15, 0.2) is 0 Å². The highest BCUT2D eigenvalue weighted by atomic mass is 32.1. The summed E-state index contributed by atoms with van der Waals surface area (Å²) in [6, 6.07) is 4.13. The van der Waals surface area contributed by atoms with Gasteiger partial charge in [0.05, 0.1) is 23.4 Å². The molecule has 1 saturated heterocycles. The first-order chi connectivity index (χ1) is 15.1. The number of aryl methyl sites for hydroxylation is 1. The van der Waals surface area contributed by atoms with Crippen LogP contribution in [-0.4, -0.2) is 52.6 Å². The van der Waals surface area contributed by atoms with Crippen LogP contribution in [-0.2, 0) is 11.3 Å². The van der Waals surface area contributed by atoms with Gasteiger partial charge >= 0.3 is 6.09 Å². The number of nitrogens with zero attached hydrogens (tertiary/aromatic N) is 3. The summed E-state index contributed by atoms with van der Waals surface area (Å²) in [6.45, 7) is 5.95. The van der Waals surface area contributed by atoms with E-state index in [4.69, 9.17) is 4.74 Å². The lowest BCUT2D eigenvalue weighted by molar-refractivity contribution is 0.0862. The average Bonchev–Trinajstić information content (AvgIpc) is 3.41. The maximum absolute atomic E-state index is 13.0. The highest BCUT2D eigenvalue weighted by Gasteiger charge is 2.26. The smallest absolute Gasteiger partial charge is 0.409 e. The number of carbonyl (C=O) groups is 2. The summed E-state index contributed by atoms with van der Waals surface area (Å²) in [5.41, 5.74) is 0.885. The molecule has 164 valence electrons. The minimum Gasteiger partial charge on any atom is -0.450 e. The van der Waals surface area contributed by atoms with E-state index in [2.05, 4.69) is 26.7 Å². The van der Waals surface area contributed by atoms with Gasteiger partial charge in [-0.25, -0.2) is 14.8 Å². The maximum atomic E-state index is 13.0. The normalized spacial score (nSPS) is 14.6. The fourth-order valence-corrected chi connectivity index (χ4v) is 5.37. The molecule has 1 aliphatic rings. The van der Waals surface area contributed by atoms with Gasteiger partial charge < -0.3 is 20.3 Å². The molecule has 0 atom stereocenters. The van der Waals surface area contributed by atoms with E-state index in [0.29, 0.717) is 44.0 Å². The zero-order valence-corrected chi connectivity index (χ0v) is 19.1. The monoisotopic (exact) mass is 459 g/mol. The number of amides is 2. The number of ether oxygens (including phenoxy) is 1. The number of hydrogen-bond donors (Lipinski definition) is 2. The SMILES string of the molecule is CCOC(=O)N1CCC(NC(=O)c2sc3ncnc(NCc4cccs4)c3c2C)CC1. The Hall–Kier alpha value is -2.72. The summed E-state index contributed by atoms with van der Waals surface area (Å²) in [6.07, 6.45) is 2.67. The summed E-state index contributed by atoms with van der Waals surface area (Å²) in [5, 5.41) is 9.44. The number of thiophene rings is 2. The third kappa shape index (κ3) is 4.80. The highest BCUT2D eigenvalue weighted by Crippen LogP contribution is 2.33. The van der Waals surface area contributed by atoms with Crippen LogP contribution in [0.4, 0.5) is 10.6 Å². The molecule has 2 amide bonds. The lowest BCUT2D eigenvalue weighted by atomic mass is 10.1. The molecule has 3 aromatic heterocycles. The molecular formula is C21H25N5O3S2. The van der Waals surface area contributed by atoms with Gasteiger partial charge in [0.2, 0.25) is 0 Å². The number of hydrogen-bond acceptors (Lipinski definition) is 8. The number of likely N-dealkylation sites (tertiary alicyclic amines) is 1. The molecule has 10 heteroatoms. The number of fused-ring (bicyclic) bond motifs is 1. The third-order valence-corrected chi connectivity index (χ3v) is 7.37. The second kappa shape index (κ2) is 9.61. The second-order valence-corrected chi connectivity index (χ2v) is 9.36. The highest BCUT2D eigenvalue weighted by molar-refractivity contribution is 7.20. The first-order valence-corrected chi connectivity index (χ1v) is 12.0. The van der Waals surface area contributed by atoms with Crippen molar-refractivity contribution in [3.8, 4) is 0 Å². The molecule has 0 spiro atoms. The van der Waals surface area contributed by atoms with Gasteiger partial charge in [-0.05, 0) is 43.7 Å². The van der Waals surface area contributed by atoms with Gasteiger partial charge in [-0.15, -0.1) is 22.7 Å². The molecule has 0 aromatic carbocycles. The number of carbonyl (C=O) groups excluding carboxylic acids is 2. The first-order valence-electron chi connectivity index (χ1n) is 10.3. The zero-order valence-electron chi connectivity index (χ0n) is 17.5. The minimum atomic E-state index is -0.284. The molecule has 8 nitrogen and oxygen atoms in total. The van der Waals surface area contributed by atoms with E-state index in [1.54, 1.807) is 23.2 Å². The Bertz CT molecular complexity index is 1060. The number of piperidine rings is 1. The minimum absolute atomic E-state index is 0.0327. The molecule has 0 radical (unpaired) electrons. The molecule has 0 bridgehead atoms. The molecule has 1 fully saturated rings. The quantitative estimate of drug-likeness (QED) is 0.578. The van der Waals surface area contributed by atoms with Crippen LogP contribution in [0.25, 0.3) is 10.2 Å². The van der Waals surface area contributed by atoms with E-state index in [9.17, 15) is 9.59 Å². The Morgan fingerprint density at radius 3 is 2.81 bits per heavy atom. The van der Waals surface area contributed by atoms with E-state index in [1.807, 2.05) is 18.4 Å². The molecular weight excluding hydrogens is 434 g/mol. The summed E-state index contributed by atoms with van der Waals surface area (Å²) in [7, 11) is 0. The Morgan fingerprint density at radius 2 is 2.10 bits per heavy atom. The zero-order chi connectivity index (χ0) is 21.8. The molecule has 0 unspecified atom stereocenters. The topological polar surface area (TPSA) is 96.5 Å². The van der Waals surface area contributed by atoms with Crippen LogP contribution in [0.2, 0.25) is 0 Å². The molecule has 0 saturated carbocycles. The van der Waals surface area contributed by atoms with Gasteiger partial charge in [-0.2, -0.15) is 0 Å². The summed E-state index contributed by atoms with van der Waals surface area (Å²) >= 11 is 3.07. The van der Waals surface area contributed by atoms with Crippen LogP contribution in [0.15, 0.2) is 23.8 Å². The predicted molar refractivity (Wildman–Crippen MR) is 123 cm³/mol. The van der Waals surface area contributed by atoms with Crippen molar-refractivity contribution in [1.29, 1.82) is 0 Å². The van der Waals surface area contributed by atoms with Gasteiger partial charge in [0, 0.05) is 24.0 Å². The largest absolute Gasteiger partial charge is 0.450 e. The summed E-state index contributed by atoms with van der Waals surface area (Å²) in [5.74, 6) is 0.647. The first kappa shape index (κ1) is 21.5. The van der Waals surface area contributed by atoms with Crippen LogP contribution in [0, 0.1) is 6.92 Å². The van der Waals surface area contributed by atoms with E-state index in [-0.39, 0.29) is 18.0 Å². The van der Waals surface area contributed by atoms with E-state index < -0.39 is 0 Å². The van der Waals surface area contributed by atoms with Crippen LogP contribution in [0.3, 0.4) is 0 Å². The number of aromatic nitrogens is 2. The van der Waals surface area contributed by atoms with Crippen LogP contribution in [0.1, 0.15) is 39.9 Å². The van der Waals surface area contributed by atoms with Crippen molar-refractivity contribution < 1.29 is 14.3 Å². The lowest BCUT2D eigenvalue weighted by Gasteiger charge is -2.31. The summed E-state index contributed by atoms with van der Waals surface area (Å²) in [4.78, 5) is 38.0. The van der Waals surface area contributed by atoms with Gasteiger partial charge in [-0.3, -0.25) is 4.79 Å². The van der Waals surface area contributed by atoms with Crippen molar-refractivity contribution in [2.45, 2.75) is 39.3 Å². The fraction of sp³-hybridized carbons (Fsp3) is 0.429. The Balaban J connectivity index is 1.43. The van der Waals surface area contributed by atoms with E-state index >= 15 is 0 Å². The van der Waals surface area contributed by atoms with Gasteiger partial charge in [0.25, 0.3) is 5.91 Å². The molecule has 4 rings (SSSR count). The molecule has 1 aliphatic heterocycles. The Kier molecular flexibility index (Phi) is 6.67. The molecule has 0 aliphatic carbocycles. The number of nitrogens with one attached hydrogen (secondary N) is 2. The second-order valence-electron chi connectivity index (χ2n) is 7.33. The van der Waals surface area contributed by atoms with Crippen LogP contribution < -0.4 is 10.6 Å². The number of anilines is 1. The van der Waals surface area contributed by atoms with E-state index in [0.717, 1.165) is 21.6 Å². The van der Waals surface area contributed by atoms with Crippen LogP contribution in [0.5, 0.6) is 0 Å². The van der Waals surface area contributed by atoms with Crippen molar-refractivity contribution in [2.24, 2.45) is 0 Å². The standard InChI is InChI=1S/C21H25N5O3S2/c1-3-29-21(28)26-8-6-14(7-9-26)25-19(27)17-13(2)16-18(23-12-24-20(16)31-17)22-11-15-5-4-10-30-15/h4-5,10,12,14H,3,6-9,11H2,1-2H3,(H,25,27)(H,22,23,24). The summed E-state index contributed by atoms with van der Waals surface area (Å²) < 4.78 is 5.05. The molecule has 4 heterocycles. The van der Waals surface area contributed by atoms with Gasteiger partial charge in [0.1, 0.15) is 17.0 Å². The van der Waals surface area contributed by atoms with Crippen molar-refractivity contribution in [1.82, 2.24) is 20.2 Å². The Morgan fingerprint density at radius 1 is 1.29 bits per heavy atom. The number of rotatable bonds is 6. The van der Waals surface area contributed by atoms with Crippen LogP contribution >= 0.6 is 22.7 Å². The lowest BCUT2D eigenvalue weighted by Crippen LogP contribution is -2.46. The van der Waals surface area contributed by atoms with Crippen molar-refractivity contribution in [2.75, 3.05) is 25.0 Å². The molecule has 3 aromatic rings. The fourth-order valence-electron chi connectivity index (χ4n) is 3.68. The maximum Gasteiger partial charge on any atom is 0.409 e.